The minimum atomic E-state index is -0.601. The molecule has 0 aliphatic carbocycles. The van der Waals surface area contributed by atoms with Crippen LogP contribution >= 0.6 is 0 Å². The number of hydrogen-bond acceptors (Lipinski definition) is 5. The Morgan fingerprint density at radius 3 is 2.54 bits per heavy atom. The number of aromatic hydroxyl groups is 4. The van der Waals surface area contributed by atoms with Gasteiger partial charge in [0.2, 0.25) is 5.91 Å². The van der Waals surface area contributed by atoms with E-state index in [1.54, 1.807) is 18.2 Å². The highest BCUT2D eigenvalue weighted by Crippen LogP contribution is 2.35. The number of carbonyl (C=O) groups is 1. The molecule has 2 aromatic carbocycles. The molecule has 0 saturated heterocycles. The van der Waals surface area contributed by atoms with Crippen molar-refractivity contribution in [1.82, 2.24) is 10.3 Å². The number of aromatic nitrogens is 1. The third-order valence-corrected chi connectivity index (χ3v) is 3.96. The zero-order valence-corrected chi connectivity index (χ0v) is 13.7. The molecular weight excluding hydrogens is 336 g/mol. The number of nitrogens with one attached hydrogen (secondary N) is 2. The summed E-state index contributed by atoms with van der Waals surface area (Å²) >= 11 is 0. The van der Waals surface area contributed by atoms with Gasteiger partial charge in [0, 0.05) is 29.7 Å². The van der Waals surface area contributed by atoms with Crippen LogP contribution in [-0.4, -0.2) is 37.9 Å². The largest absolute Gasteiger partial charge is 0.508 e. The van der Waals surface area contributed by atoms with E-state index in [-0.39, 0.29) is 11.7 Å². The molecule has 0 saturated carbocycles. The van der Waals surface area contributed by atoms with Gasteiger partial charge in [0.15, 0.2) is 17.2 Å². The number of carbonyl (C=O) groups excluding carboxylic acids is 1. The van der Waals surface area contributed by atoms with Crippen molar-refractivity contribution in [2.24, 2.45) is 0 Å². The number of benzene rings is 2. The summed E-state index contributed by atoms with van der Waals surface area (Å²) in [5.41, 5.74) is 2.27. The highest BCUT2D eigenvalue weighted by molar-refractivity contribution is 5.92. The molecule has 7 nitrogen and oxygen atoms in total. The van der Waals surface area contributed by atoms with Crippen molar-refractivity contribution in [2.75, 3.05) is 6.54 Å². The van der Waals surface area contributed by atoms with E-state index in [1.807, 2.05) is 6.20 Å². The van der Waals surface area contributed by atoms with Crippen molar-refractivity contribution < 1.29 is 25.2 Å². The van der Waals surface area contributed by atoms with Crippen LogP contribution in [0.15, 0.2) is 42.6 Å². The average molecular weight is 354 g/mol. The van der Waals surface area contributed by atoms with Gasteiger partial charge in [-0.3, -0.25) is 4.79 Å². The van der Waals surface area contributed by atoms with E-state index < -0.39 is 17.2 Å². The summed E-state index contributed by atoms with van der Waals surface area (Å²) in [6, 6.07) is 7.53. The van der Waals surface area contributed by atoms with Gasteiger partial charge in [-0.2, -0.15) is 0 Å². The SMILES string of the molecule is O=C(/C=C/c1cc(O)c(O)c(O)c1)NCCc1c[nH]c2ccc(O)cc12. The van der Waals surface area contributed by atoms with Gasteiger partial charge in [-0.25, -0.2) is 0 Å². The first-order valence-electron chi connectivity index (χ1n) is 7.94. The Morgan fingerprint density at radius 2 is 1.81 bits per heavy atom. The van der Waals surface area contributed by atoms with Crippen molar-refractivity contribution >= 4 is 22.9 Å². The van der Waals surface area contributed by atoms with E-state index >= 15 is 0 Å². The van der Waals surface area contributed by atoms with Crippen LogP contribution in [0.4, 0.5) is 0 Å². The quantitative estimate of drug-likeness (QED) is 0.310. The number of phenolic OH excluding ortho intramolecular Hbond substituents is 4. The highest BCUT2D eigenvalue weighted by atomic mass is 16.3. The van der Waals surface area contributed by atoms with Crippen LogP contribution in [0.25, 0.3) is 17.0 Å². The highest BCUT2D eigenvalue weighted by Gasteiger charge is 2.07. The molecule has 0 unspecified atom stereocenters. The number of amides is 1. The molecule has 0 radical (unpaired) electrons. The van der Waals surface area contributed by atoms with Gasteiger partial charge in [0.05, 0.1) is 0 Å². The van der Waals surface area contributed by atoms with Gasteiger partial charge in [-0.1, -0.05) is 0 Å². The topological polar surface area (TPSA) is 126 Å². The molecule has 0 fully saturated rings. The minimum Gasteiger partial charge on any atom is -0.508 e. The molecule has 1 amide bonds. The summed E-state index contributed by atoms with van der Waals surface area (Å²) < 4.78 is 0. The molecule has 3 rings (SSSR count). The Kier molecular flexibility index (Phi) is 4.70. The van der Waals surface area contributed by atoms with E-state index in [0.29, 0.717) is 18.5 Å². The monoisotopic (exact) mass is 354 g/mol. The second kappa shape index (κ2) is 7.10. The summed E-state index contributed by atoms with van der Waals surface area (Å²) in [6.45, 7) is 0.401. The molecule has 1 aromatic heterocycles. The van der Waals surface area contributed by atoms with E-state index in [0.717, 1.165) is 16.5 Å². The van der Waals surface area contributed by atoms with Gasteiger partial charge >= 0.3 is 0 Å². The number of phenols is 4. The number of H-pyrrole nitrogens is 1. The molecule has 1 heterocycles. The Bertz CT molecular complexity index is 968. The lowest BCUT2D eigenvalue weighted by molar-refractivity contribution is -0.116. The van der Waals surface area contributed by atoms with Crippen LogP contribution in [0, 0.1) is 0 Å². The lowest BCUT2D eigenvalue weighted by Crippen LogP contribution is -2.23. The first-order valence-corrected chi connectivity index (χ1v) is 7.94. The Hall–Kier alpha value is -3.61. The van der Waals surface area contributed by atoms with E-state index in [1.165, 1.54) is 24.3 Å². The lowest BCUT2D eigenvalue weighted by atomic mass is 10.1. The summed E-state index contributed by atoms with van der Waals surface area (Å²) in [7, 11) is 0. The van der Waals surface area contributed by atoms with Crippen LogP contribution in [0.5, 0.6) is 23.0 Å². The molecule has 0 spiro atoms. The summed E-state index contributed by atoms with van der Waals surface area (Å²) in [5.74, 6) is -1.68. The van der Waals surface area contributed by atoms with Crippen LogP contribution < -0.4 is 5.32 Å². The minimum absolute atomic E-state index is 0.186. The first-order chi connectivity index (χ1) is 12.4. The number of fused-ring (bicyclic) bond motifs is 1. The standard InChI is InChI=1S/C19H18N2O5/c22-13-2-3-15-14(9-13)12(10-21-15)5-6-20-18(25)4-1-11-7-16(23)19(26)17(24)8-11/h1-4,7-10,21-24,26H,5-6H2,(H,20,25)/b4-1+. The Balaban J connectivity index is 1.58. The number of rotatable bonds is 5. The number of aromatic amines is 1. The smallest absolute Gasteiger partial charge is 0.244 e. The summed E-state index contributed by atoms with van der Waals surface area (Å²) in [4.78, 5) is 15.0. The molecule has 134 valence electrons. The normalized spacial score (nSPS) is 11.2. The fourth-order valence-electron chi connectivity index (χ4n) is 2.65. The maximum atomic E-state index is 11.9. The van der Waals surface area contributed by atoms with Gasteiger partial charge in [0.1, 0.15) is 5.75 Å². The van der Waals surface area contributed by atoms with Crippen molar-refractivity contribution in [3.8, 4) is 23.0 Å². The Labute approximate surface area is 148 Å². The fraction of sp³-hybridized carbons (Fsp3) is 0.105. The molecule has 7 heteroatoms. The third-order valence-electron chi connectivity index (χ3n) is 3.96. The van der Waals surface area contributed by atoms with Gasteiger partial charge < -0.3 is 30.7 Å². The molecule has 0 bridgehead atoms. The molecule has 0 aliphatic heterocycles. The average Bonchev–Trinajstić information content (AvgIpc) is 3.00. The summed E-state index contributed by atoms with van der Waals surface area (Å²) in [6.07, 6.45) is 5.11. The van der Waals surface area contributed by atoms with Crippen molar-refractivity contribution in [1.29, 1.82) is 0 Å². The molecule has 0 atom stereocenters. The molecule has 0 aliphatic rings. The van der Waals surface area contributed by atoms with E-state index in [4.69, 9.17) is 0 Å². The zero-order valence-electron chi connectivity index (χ0n) is 13.7. The predicted molar refractivity (Wildman–Crippen MR) is 97.1 cm³/mol. The molecule has 26 heavy (non-hydrogen) atoms. The maximum absolute atomic E-state index is 11.9. The van der Waals surface area contributed by atoms with Crippen LogP contribution in [-0.2, 0) is 11.2 Å². The molecule has 3 aromatic rings. The number of hydrogen-bond donors (Lipinski definition) is 6. The van der Waals surface area contributed by atoms with Gasteiger partial charge in [-0.15, -0.1) is 0 Å². The zero-order chi connectivity index (χ0) is 18.7. The van der Waals surface area contributed by atoms with Crippen LogP contribution in [0.2, 0.25) is 0 Å². The third kappa shape index (κ3) is 3.72. The van der Waals surface area contributed by atoms with Gasteiger partial charge in [0.25, 0.3) is 0 Å². The van der Waals surface area contributed by atoms with Crippen LogP contribution in [0.1, 0.15) is 11.1 Å². The first kappa shape index (κ1) is 17.2. The van der Waals surface area contributed by atoms with Crippen molar-refractivity contribution in [3.63, 3.8) is 0 Å². The maximum Gasteiger partial charge on any atom is 0.244 e. The predicted octanol–water partition coefficient (Wildman–Crippen LogP) is 2.36. The van der Waals surface area contributed by atoms with E-state index in [9.17, 15) is 25.2 Å². The molecule has 6 N–H and O–H groups in total. The van der Waals surface area contributed by atoms with E-state index in [2.05, 4.69) is 10.3 Å². The van der Waals surface area contributed by atoms with Crippen LogP contribution in [0.3, 0.4) is 0 Å². The van der Waals surface area contributed by atoms with Crippen molar-refractivity contribution in [2.45, 2.75) is 6.42 Å². The Morgan fingerprint density at radius 1 is 1.08 bits per heavy atom. The fourth-order valence-corrected chi connectivity index (χ4v) is 2.65. The second-order valence-electron chi connectivity index (χ2n) is 5.83. The molecular formula is C19H18N2O5. The van der Waals surface area contributed by atoms with Gasteiger partial charge in [-0.05, 0) is 54.0 Å². The van der Waals surface area contributed by atoms with Crippen molar-refractivity contribution in [3.05, 3.63) is 53.7 Å². The lowest BCUT2D eigenvalue weighted by Gasteiger charge is -2.03. The second-order valence-corrected chi connectivity index (χ2v) is 5.83. The summed E-state index contributed by atoms with van der Waals surface area (Å²) in [5, 5.41) is 41.4.